The van der Waals surface area contributed by atoms with Crippen LogP contribution in [-0.4, -0.2) is 12.1 Å². The van der Waals surface area contributed by atoms with E-state index in [1.54, 1.807) is 0 Å². The first-order chi connectivity index (χ1) is 8.02. The monoisotopic (exact) mass is 231 g/mol. The second-order valence-electron chi connectivity index (χ2n) is 5.23. The van der Waals surface area contributed by atoms with E-state index >= 15 is 0 Å². The zero-order chi connectivity index (χ0) is 12.5. The molecule has 1 heterocycles. The number of hydrogen-bond acceptors (Lipinski definition) is 2. The molecule has 0 bridgehead atoms. The van der Waals surface area contributed by atoms with Crippen molar-refractivity contribution in [2.24, 2.45) is 0 Å². The van der Waals surface area contributed by atoms with Crippen LogP contribution in [0.4, 0.5) is 5.69 Å². The van der Waals surface area contributed by atoms with E-state index in [0.29, 0.717) is 0 Å². The van der Waals surface area contributed by atoms with E-state index in [9.17, 15) is 0 Å². The molecule has 0 atom stereocenters. The van der Waals surface area contributed by atoms with Crippen molar-refractivity contribution < 1.29 is 4.74 Å². The molecule has 0 saturated heterocycles. The van der Waals surface area contributed by atoms with Gasteiger partial charge in [0.2, 0.25) is 0 Å². The Balaban J connectivity index is 2.31. The average Bonchev–Trinajstić information content (AvgIpc) is 2.25. The maximum atomic E-state index is 5.67. The summed E-state index contributed by atoms with van der Waals surface area (Å²) in [5.41, 5.74) is 3.78. The fourth-order valence-corrected chi connectivity index (χ4v) is 2.27. The zero-order valence-electron chi connectivity index (χ0n) is 11.1. The van der Waals surface area contributed by atoms with Gasteiger partial charge in [0.1, 0.15) is 5.75 Å². The second-order valence-corrected chi connectivity index (χ2v) is 5.23. The number of rotatable bonds is 3. The molecule has 1 aromatic carbocycles. The maximum Gasteiger partial charge on any atom is 0.120 e. The van der Waals surface area contributed by atoms with Crippen LogP contribution in [-0.2, 0) is 0 Å². The molecule has 92 valence electrons. The number of hydrogen-bond donors (Lipinski definition) is 1. The van der Waals surface area contributed by atoms with Gasteiger partial charge in [-0.1, -0.05) is 13.0 Å². The van der Waals surface area contributed by atoms with Crippen LogP contribution in [0, 0.1) is 0 Å². The lowest BCUT2D eigenvalue weighted by Gasteiger charge is -2.31. The van der Waals surface area contributed by atoms with Gasteiger partial charge in [-0.05, 0) is 51.0 Å². The van der Waals surface area contributed by atoms with Gasteiger partial charge in [0.05, 0.1) is 12.1 Å². The highest BCUT2D eigenvalue weighted by Crippen LogP contribution is 2.35. The highest BCUT2D eigenvalue weighted by atomic mass is 16.5. The Morgan fingerprint density at radius 1 is 1.29 bits per heavy atom. The first-order valence-electron chi connectivity index (χ1n) is 6.27. The summed E-state index contributed by atoms with van der Waals surface area (Å²) >= 11 is 0. The highest BCUT2D eigenvalue weighted by Gasteiger charge is 2.22. The zero-order valence-corrected chi connectivity index (χ0v) is 11.1. The quantitative estimate of drug-likeness (QED) is 0.846. The Morgan fingerprint density at radius 3 is 2.76 bits per heavy atom. The van der Waals surface area contributed by atoms with Crippen molar-refractivity contribution >= 4 is 11.3 Å². The van der Waals surface area contributed by atoms with Crippen LogP contribution in [0.2, 0.25) is 0 Å². The Morgan fingerprint density at radius 2 is 2.06 bits per heavy atom. The van der Waals surface area contributed by atoms with E-state index in [-0.39, 0.29) is 5.54 Å². The molecule has 0 radical (unpaired) electrons. The van der Waals surface area contributed by atoms with Crippen molar-refractivity contribution in [2.75, 3.05) is 11.9 Å². The molecular weight excluding hydrogens is 210 g/mol. The van der Waals surface area contributed by atoms with Crippen molar-refractivity contribution in [3.63, 3.8) is 0 Å². The van der Waals surface area contributed by atoms with Gasteiger partial charge in [-0.2, -0.15) is 0 Å². The van der Waals surface area contributed by atoms with Crippen LogP contribution < -0.4 is 10.1 Å². The van der Waals surface area contributed by atoms with E-state index < -0.39 is 0 Å². The molecule has 2 rings (SSSR count). The first-order valence-corrected chi connectivity index (χ1v) is 6.27. The molecule has 0 spiro atoms. The van der Waals surface area contributed by atoms with Crippen LogP contribution >= 0.6 is 0 Å². The van der Waals surface area contributed by atoms with Crippen molar-refractivity contribution in [1.29, 1.82) is 0 Å². The average molecular weight is 231 g/mol. The summed E-state index contributed by atoms with van der Waals surface area (Å²) in [5, 5.41) is 3.52. The van der Waals surface area contributed by atoms with Crippen LogP contribution in [0.1, 0.15) is 39.7 Å². The molecule has 0 aromatic heterocycles. The van der Waals surface area contributed by atoms with Gasteiger partial charge in [-0.15, -0.1) is 0 Å². The van der Waals surface area contributed by atoms with Gasteiger partial charge in [0.25, 0.3) is 0 Å². The predicted molar refractivity (Wildman–Crippen MR) is 73.6 cm³/mol. The minimum Gasteiger partial charge on any atom is -0.494 e. The Labute approximate surface area is 104 Å². The van der Waals surface area contributed by atoms with E-state index in [1.807, 2.05) is 6.07 Å². The summed E-state index contributed by atoms with van der Waals surface area (Å²) in [6.45, 7) is 9.42. The summed E-state index contributed by atoms with van der Waals surface area (Å²) in [6, 6.07) is 6.27. The highest BCUT2D eigenvalue weighted by molar-refractivity contribution is 5.80. The first kappa shape index (κ1) is 12.0. The number of nitrogens with one attached hydrogen (secondary N) is 1. The number of ether oxygens (including phenoxy) is 1. The van der Waals surface area contributed by atoms with Crippen LogP contribution in [0.5, 0.6) is 5.75 Å². The number of benzene rings is 1. The Hall–Kier alpha value is -1.44. The third-order valence-electron chi connectivity index (χ3n) is 2.92. The molecule has 17 heavy (non-hydrogen) atoms. The number of fused-ring (bicyclic) bond motifs is 1. The summed E-state index contributed by atoms with van der Waals surface area (Å²) < 4.78 is 5.67. The van der Waals surface area contributed by atoms with Crippen molar-refractivity contribution in [1.82, 2.24) is 0 Å². The number of anilines is 1. The fourth-order valence-electron chi connectivity index (χ4n) is 2.27. The van der Waals surface area contributed by atoms with Gasteiger partial charge >= 0.3 is 0 Å². The lowest BCUT2D eigenvalue weighted by molar-refractivity contribution is 0.317. The lowest BCUT2D eigenvalue weighted by Crippen LogP contribution is -2.31. The fraction of sp³-hybridized carbons (Fsp3) is 0.467. The molecule has 0 unspecified atom stereocenters. The van der Waals surface area contributed by atoms with E-state index in [4.69, 9.17) is 4.74 Å². The Bertz CT molecular complexity index is 446. The van der Waals surface area contributed by atoms with Gasteiger partial charge in [-0.3, -0.25) is 0 Å². The minimum absolute atomic E-state index is 0.0306. The maximum absolute atomic E-state index is 5.67. The molecular formula is C15H21NO. The predicted octanol–water partition coefficient (Wildman–Crippen LogP) is 4.08. The van der Waals surface area contributed by atoms with Gasteiger partial charge in [0.15, 0.2) is 0 Å². The summed E-state index contributed by atoms with van der Waals surface area (Å²) in [4.78, 5) is 0. The molecule has 2 heteroatoms. The molecule has 1 aromatic rings. The van der Waals surface area contributed by atoms with Gasteiger partial charge in [0, 0.05) is 11.3 Å². The standard InChI is InChI=1S/C15H21NO/c1-5-8-17-12-6-7-14-13(9-12)11(2)10-15(3,4)16-14/h6-7,9-10,16H,5,8H2,1-4H3. The lowest BCUT2D eigenvalue weighted by atomic mass is 9.91. The smallest absolute Gasteiger partial charge is 0.120 e. The molecule has 0 saturated carbocycles. The van der Waals surface area contributed by atoms with E-state index in [2.05, 4.69) is 51.2 Å². The van der Waals surface area contributed by atoms with Crippen molar-refractivity contribution in [3.8, 4) is 5.75 Å². The molecule has 0 amide bonds. The molecule has 1 N–H and O–H groups in total. The minimum atomic E-state index is 0.0306. The number of allylic oxidation sites excluding steroid dienone is 1. The summed E-state index contributed by atoms with van der Waals surface area (Å²) in [6.07, 6.45) is 3.30. The molecule has 2 nitrogen and oxygen atoms in total. The normalized spacial score (nSPS) is 16.8. The molecule has 1 aliphatic heterocycles. The van der Waals surface area contributed by atoms with Gasteiger partial charge < -0.3 is 10.1 Å². The van der Waals surface area contributed by atoms with Crippen LogP contribution in [0.3, 0.4) is 0 Å². The van der Waals surface area contributed by atoms with Crippen LogP contribution in [0.15, 0.2) is 24.3 Å². The third-order valence-corrected chi connectivity index (χ3v) is 2.92. The van der Waals surface area contributed by atoms with Crippen molar-refractivity contribution in [3.05, 3.63) is 29.8 Å². The largest absolute Gasteiger partial charge is 0.494 e. The molecule has 0 fully saturated rings. The third kappa shape index (κ3) is 2.63. The summed E-state index contributed by atoms with van der Waals surface area (Å²) in [7, 11) is 0. The second kappa shape index (κ2) is 4.44. The van der Waals surface area contributed by atoms with Crippen molar-refractivity contribution in [2.45, 2.75) is 39.7 Å². The SMILES string of the molecule is CCCOc1ccc2c(c1)C(C)=CC(C)(C)N2. The van der Waals surface area contributed by atoms with E-state index in [1.165, 1.54) is 16.8 Å². The van der Waals surface area contributed by atoms with Gasteiger partial charge in [-0.25, -0.2) is 0 Å². The van der Waals surface area contributed by atoms with Crippen LogP contribution in [0.25, 0.3) is 5.57 Å². The van der Waals surface area contributed by atoms with E-state index in [0.717, 1.165) is 18.8 Å². The Kier molecular flexibility index (Phi) is 3.14. The summed E-state index contributed by atoms with van der Waals surface area (Å²) in [5.74, 6) is 0.958. The molecule has 1 aliphatic rings. The molecule has 0 aliphatic carbocycles. The topological polar surface area (TPSA) is 21.3 Å².